The molecule has 2 aromatic rings. The highest BCUT2D eigenvalue weighted by molar-refractivity contribution is 6.09. The summed E-state index contributed by atoms with van der Waals surface area (Å²) in [5, 5.41) is 3.41. The van der Waals surface area contributed by atoms with Crippen LogP contribution in [-0.2, 0) is 0 Å². The lowest BCUT2D eigenvalue weighted by atomic mass is 10.1. The Labute approximate surface area is 129 Å². The van der Waals surface area contributed by atoms with Crippen molar-refractivity contribution in [3.05, 3.63) is 60.2 Å². The molecule has 22 heavy (non-hydrogen) atoms. The predicted octanol–water partition coefficient (Wildman–Crippen LogP) is 3.45. The molecule has 4 heteroatoms. The van der Waals surface area contributed by atoms with Gasteiger partial charge in [0.05, 0.1) is 17.3 Å². The standard InChI is InChI=1S/C18H17N3O/c22-18-14-9-4-5-10-15(14)20-17(16-11-6-12-21(16)18)19-13-7-2-1-3-8-13/h1-5,7-10,16H,6,11-12H2,(H,19,20)/t16-/m0/s1. The van der Waals surface area contributed by atoms with Crippen molar-refractivity contribution in [3.8, 4) is 0 Å². The second kappa shape index (κ2) is 5.30. The van der Waals surface area contributed by atoms with Crippen LogP contribution in [-0.4, -0.2) is 29.2 Å². The van der Waals surface area contributed by atoms with Gasteiger partial charge in [0.1, 0.15) is 5.84 Å². The lowest BCUT2D eigenvalue weighted by molar-refractivity contribution is 0.0773. The molecule has 2 aliphatic heterocycles. The van der Waals surface area contributed by atoms with Gasteiger partial charge in [-0.25, -0.2) is 4.99 Å². The third kappa shape index (κ3) is 2.17. The fourth-order valence-electron chi connectivity index (χ4n) is 3.19. The van der Waals surface area contributed by atoms with Gasteiger partial charge in [0.2, 0.25) is 0 Å². The lowest BCUT2D eigenvalue weighted by Gasteiger charge is -2.24. The Bertz CT molecular complexity index is 739. The molecule has 0 aromatic heterocycles. The van der Waals surface area contributed by atoms with Gasteiger partial charge >= 0.3 is 0 Å². The van der Waals surface area contributed by atoms with Gasteiger partial charge < -0.3 is 10.2 Å². The van der Waals surface area contributed by atoms with E-state index in [9.17, 15) is 4.79 Å². The number of carbonyl (C=O) groups is 1. The maximum absolute atomic E-state index is 12.7. The fourth-order valence-corrected chi connectivity index (χ4v) is 3.19. The Morgan fingerprint density at radius 3 is 2.68 bits per heavy atom. The van der Waals surface area contributed by atoms with Crippen LogP contribution in [0.1, 0.15) is 23.2 Å². The van der Waals surface area contributed by atoms with E-state index in [2.05, 4.69) is 5.32 Å². The van der Waals surface area contributed by atoms with E-state index in [1.807, 2.05) is 59.5 Å². The first-order chi connectivity index (χ1) is 10.8. The highest BCUT2D eigenvalue weighted by Crippen LogP contribution is 2.31. The quantitative estimate of drug-likeness (QED) is 0.874. The van der Waals surface area contributed by atoms with Crippen molar-refractivity contribution in [1.82, 2.24) is 4.90 Å². The minimum atomic E-state index is 0.0418. The van der Waals surface area contributed by atoms with Gasteiger partial charge in [-0.2, -0.15) is 0 Å². The van der Waals surface area contributed by atoms with Crippen LogP contribution >= 0.6 is 0 Å². The Hall–Kier alpha value is -2.62. The fraction of sp³-hybridized carbons (Fsp3) is 0.222. The Kier molecular flexibility index (Phi) is 3.15. The molecule has 2 heterocycles. The topological polar surface area (TPSA) is 44.7 Å². The number of nitrogens with zero attached hydrogens (tertiary/aromatic N) is 2. The summed E-state index contributed by atoms with van der Waals surface area (Å²) in [6, 6.07) is 17.6. The van der Waals surface area contributed by atoms with Crippen molar-refractivity contribution in [3.63, 3.8) is 0 Å². The smallest absolute Gasteiger partial charge is 0.256 e. The number of rotatable bonds is 1. The van der Waals surface area contributed by atoms with Crippen molar-refractivity contribution >= 4 is 23.1 Å². The third-order valence-electron chi connectivity index (χ3n) is 4.25. The summed E-state index contributed by atoms with van der Waals surface area (Å²) in [6.07, 6.45) is 1.98. The van der Waals surface area contributed by atoms with E-state index >= 15 is 0 Å². The van der Waals surface area contributed by atoms with E-state index < -0.39 is 0 Å². The van der Waals surface area contributed by atoms with Gasteiger partial charge in [-0.05, 0) is 37.1 Å². The van der Waals surface area contributed by atoms with E-state index in [-0.39, 0.29) is 11.9 Å². The number of amides is 1. The number of benzene rings is 2. The van der Waals surface area contributed by atoms with Gasteiger partial charge in [-0.15, -0.1) is 0 Å². The molecule has 2 aliphatic rings. The van der Waals surface area contributed by atoms with Crippen molar-refractivity contribution in [2.75, 3.05) is 11.9 Å². The molecular weight excluding hydrogens is 274 g/mol. The molecule has 0 aliphatic carbocycles. The first-order valence-corrected chi connectivity index (χ1v) is 7.63. The van der Waals surface area contributed by atoms with Gasteiger partial charge in [0, 0.05) is 12.2 Å². The van der Waals surface area contributed by atoms with E-state index in [1.165, 1.54) is 0 Å². The largest absolute Gasteiger partial charge is 0.342 e. The molecule has 110 valence electrons. The maximum Gasteiger partial charge on any atom is 0.256 e. The number of hydrogen-bond donors (Lipinski definition) is 1. The number of amidine groups is 1. The van der Waals surface area contributed by atoms with Crippen LogP contribution in [0.15, 0.2) is 59.6 Å². The first kappa shape index (κ1) is 13.1. The van der Waals surface area contributed by atoms with Gasteiger partial charge in [0.15, 0.2) is 0 Å². The number of anilines is 1. The van der Waals surface area contributed by atoms with Crippen LogP contribution in [0.3, 0.4) is 0 Å². The van der Waals surface area contributed by atoms with Crippen LogP contribution in [0, 0.1) is 0 Å². The Balaban J connectivity index is 1.78. The number of carbonyl (C=O) groups excluding carboxylic acids is 1. The van der Waals surface area contributed by atoms with E-state index in [0.29, 0.717) is 5.56 Å². The lowest BCUT2D eigenvalue weighted by Crippen LogP contribution is -2.41. The molecule has 0 unspecified atom stereocenters. The number of para-hydroxylation sites is 2. The third-order valence-corrected chi connectivity index (χ3v) is 4.25. The minimum absolute atomic E-state index is 0.0418. The number of nitrogens with one attached hydrogen (secondary N) is 1. The molecule has 4 nitrogen and oxygen atoms in total. The van der Waals surface area contributed by atoms with Crippen LogP contribution in [0.2, 0.25) is 0 Å². The van der Waals surface area contributed by atoms with E-state index in [0.717, 1.165) is 36.6 Å². The van der Waals surface area contributed by atoms with E-state index in [1.54, 1.807) is 0 Å². The van der Waals surface area contributed by atoms with Gasteiger partial charge in [0.25, 0.3) is 5.91 Å². The average molecular weight is 291 g/mol. The monoisotopic (exact) mass is 291 g/mol. The number of fused-ring (bicyclic) bond motifs is 2. The van der Waals surface area contributed by atoms with Gasteiger partial charge in [-0.3, -0.25) is 4.79 Å². The Morgan fingerprint density at radius 1 is 1.05 bits per heavy atom. The second-order valence-electron chi connectivity index (χ2n) is 5.66. The summed E-state index contributed by atoms with van der Waals surface area (Å²) in [7, 11) is 0. The zero-order valence-electron chi connectivity index (χ0n) is 12.2. The normalized spacial score (nSPS) is 20.0. The zero-order chi connectivity index (χ0) is 14.9. The molecule has 0 radical (unpaired) electrons. The molecule has 0 bridgehead atoms. The van der Waals surface area contributed by atoms with Gasteiger partial charge in [-0.1, -0.05) is 30.3 Å². The molecule has 0 spiro atoms. The molecule has 1 atom stereocenters. The summed E-state index contributed by atoms with van der Waals surface area (Å²) < 4.78 is 0. The maximum atomic E-state index is 12.7. The molecule has 1 saturated heterocycles. The van der Waals surface area contributed by atoms with Crippen LogP contribution in [0.4, 0.5) is 11.4 Å². The Morgan fingerprint density at radius 2 is 1.82 bits per heavy atom. The zero-order valence-corrected chi connectivity index (χ0v) is 12.2. The summed E-state index contributed by atoms with van der Waals surface area (Å²) >= 11 is 0. The van der Waals surface area contributed by atoms with Crippen molar-refractivity contribution < 1.29 is 4.79 Å². The predicted molar refractivity (Wildman–Crippen MR) is 87.7 cm³/mol. The van der Waals surface area contributed by atoms with Crippen LogP contribution in [0.25, 0.3) is 0 Å². The molecule has 1 fully saturated rings. The summed E-state index contributed by atoms with van der Waals surface area (Å²) in [6.45, 7) is 0.799. The summed E-state index contributed by atoms with van der Waals surface area (Å²) in [5.41, 5.74) is 2.44. The average Bonchev–Trinajstić information content (AvgIpc) is 3.01. The number of hydrogen-bond acceptors (Lipinski definition) is 3. The van der Waals surface area contributed by atoms with E-state index in [4.69, 9.17) is 4.99 Å². The second-order valence-corrected chi connectivity index (χ2v) is 5.66. The molecule has 1 amide bonds. The molecule has 0 saturated carbocycles. The summed E-state index contributed by atoms with van der Waals surface area (Å²) in [5.74, 6) is 0.953. The molecule has 2 aromatic carbocycles. The number of aliphatic imine (C=N–C) groups is 1. The van der Waals surface area contributed by atoms with Crippen LogP contribution < -0.4 is 5.32 Å². The van der Waals surface area contributed by atoms with Crippen molar-refractivity contribution in [1.29, 1.82) is 0 Å². The molecular formula is C18H17N3O. The minimum Gasteiger partial charge on any atom is -0.342 e. The van der Waals surface area contributed by atoms with Crippen molar-refractivity contribution in [2.24, 2.45) is 4.99 Å². The molecule has 4 rings (SSSR count). The highest BCUT2D eigenvalue weighted by atomic mass is 16.2. The molecule has 1 N–H and O–H groups in total. The highest BCUT2D eigenvalue weighted by Gasteiger charge is 2.36. The first-order valence-electron chi connectivity index (χ1n) is 7.63. The van der Waals surface area contributed by atoms with Crippen molar-refractivity contribution in [2.45, 2.75) is 18.9 Å². The van der Waals surface area contributed by atoms with Crippen LogP contribution in [0.5, 0.6) is 0 Å². The SMILES string of the molecule is O=C1c2ccccc2N=C(Nc2ccccc2)[C@@H]2CCCN12. The summed E-state index contributed by atoms with van der Waals surface area (Å²) in [4.78, 5) is 19.5.